The number of aromatic nitrogens is 1. The summed E-state index contributed by atoms with van der Waals surface area (Å²) in [7, 11) is 0. The maximum atomic E-state index is 11.8. The summed E-state index contributed by atoms with van der Waals surface area (Å²) in [5.74, 6) is 2.41. The molecule has 1 aromatic carbocycles. The number of carbonyl (C=O) groups is 1. The number of amides is 1. The number of rotatable bonds is 5. The Kier molecular flexibility index (Phi) is 6.34. The summed E-state index contributed by atoms with van der Waals surface area (Å²) in [6.07, 6.45) is 4.25. The summed E-state index contributed by atoms with van der Waals surface area (Å²) in [6.45, 7) is 4.10. The van der Waals surface area contributed by atoms with Crippen molar-refractivity contribution in [1.82, 2.24) is 10.3 Å². The van der Waals surface area contributed by atoms with Gasteiger partial charge in [0, 0.05) is 41.0 Å². The number of anilines is 1. The number of hydrogen-bond donors (Lipinski definition) is 2. The maximum Gasteiger partial charge on any atom is 0.227 e. The average Bonchev–Trinajstić information content (AvgIpc) is 3.49. The molecular weight excluding hydrogens is 362 g/mol. The van der Waals surface area contributed by atoms with E-state index in [0.717, 1.165) is 67.3 Å². The Balaban J connectivity index is 0.00000210. The van der Waals surface area contributed by atoms with Gasteiger partial charge in [0.05, 0.1) is 0 Å². The van der Waals surface area contributed by atoms with E-state index in [4.69, 9.17) is 9.72 Å². The molecule has 0 bridgehead atoms. The van der Waals surface area contributed by atoms with Crippen molar-refractivity contribution in [3.8, 4) is 11.5 Å². The monoisotopic (exact) mass is 387 g/mol. The normalized spacial score (nSPS) is 17.1. The van der Waals surface area contributed by atoms with Crippen LogP contribution in [0, 0.1) is 12.8 Å². The molecule has 2 fully saturated rings. The highest BCUT2D eigenvalue weighted by Crippen LogP contribution is 2.31. The number of nitrogens with zero attached hydrogens (tertiary/aromatic N) is 1. The van der Waals surface area contributed by atoms with Gasteiger partial charge in [-0.1, -0.05) is 0 Å². The van der Waals surface area contributed by atoms with Gasteiger partial charge in [0.1, 0.15) is 11.5 Å². The van der Waals surface area contributed by atoms with Crippen molar-refractivity contribution >= 4 is 24.0 Å². The predicted octanol–water partition coefficient (Wildman–Crippen LogP) is 4.42. The third-order valence-corrected chi connectivity index (χ3v) is 5.01. The van der Waals surface area contributed by atoms with Crippen molar-refractivity contribution in [3.05, 3.63) is 47.8 Å². The number of pyridine rings is 1. The SMILES string of the molecule is Cc1cc(Oc2ccc(NC(=O)C3CC3)cc2)cc(C2CCNCC2)n1.Cl. The van der Waals surface area contributed by atoms with Crippen LogP contribution in [0.25, 0.3) is 0 Å². The molecule has 5 nitrogen and oxygen atoms in total. The molecule has 1 amide bonds. The lowest BCUT2D eigenvalue weighted by Crippen LogP contribution is -2.27. The molecule has 1 aromatic heterocycles. The van der Waals surface area contributed by atoms with Crippen LogP contribution in [0.2, 0.25) is 0 Å². The minimum Gasteiger partial charge on any atom is -0.457 e. The third kappa shape index (κ3) is 5.21. The molecule has 27 heavy (non-hydrogen) atoms. The van der Waals surface area contributed by atoms with E-state index in [1.165, 1.54) is 0 Å². The van der Waals surface area contributed by atoms with E-state index in [9.17, 15) is 4.79 Å². The standard InChI is InChI=1S/C21H25N3O2.ClH/c1-14-12-19(13-20(23-14)15-8-10-22-11-9-15)26-18-6-4-17(5-7-18)24-21(25)16-2-3-16;/h4-7,12-13,15-16,22H,2-3,8-11H2,1H3,(H,24,25);1H. The lowest BCUT2D eigenvalue weighted by Gasteiger charge is -2.22. The summed E-state index contributed by atoms with van der Waals surface area (Å²) in [5, 5.41) is 6.34. The minimum atomic E-state index is 0. The Morgan fingerprint density at radius 3 is 2.44 bits per heavy atom. The molecule has 0 unspecified atom stereocenters. The van der Waals surface area contributed by atoms with Crippen LogP contribution in [0.3, 0.4) is 0 Å². The fraction of sp³-hybridized carbons (Fsp3) is 0.429. The van der Waals surface area contributed by atoms with E-state index in [2.05, 4.69) is 16.7 Å². The van der Waals surface area contributed by atoms with Gasteiger partial charge in [0.25, 0.3) is 0 Å². The second-order valence-corrected chi connectivity index (χ2v) is 7.28. The van der Waals surface area contributed by atoms with Crippen LogP contribution in [-0.4, -0.2) is 24.0 Å². The van der Waals surface area contributed by atoms with Gasteiger partial charge in [-0.05, 0) is 70.0 Å². The summed E-state index contributed by atoms with van der Waals surface area (Å²) in [4.78, 5) is 16.5. The van der Waals surface area contributed by atoms with E-state index in [-0.39, 0.29) is 24.2 Å². The van der Waals surface area contributed by atoms with Crippen LogP contribution in [0.1, 0.15) is 43.0 Å². The number of halogens is 1. The summed E-state index contributed by atoms with van der Waals surface area (Å²) in [5.41, 5.74) is 2.91. The number of carbonyl (C=O) groups excluding carboxylic acids is 1. The number of nitrogens with one attached hydrogen (secondary N) is 2. The second kappa shape index (κ2) is 8.72. The maximum absolute atomic E-state index is 11.8. The predicted molar refractivity (Wildman–Crippen MR) is 109 cm³/mol. The quantitative estimate of drug-likeness (QED) is 0.797. The molecule has 144 valence electrons. The highest BCUT2D eigenvalue weighted by molar-refractivity contribution is 5.94. The molecule has 2 aromatic rings. The molecule has 1 aliphatic heterocycles. The van der Waals surface area contributed by atoms with Crippen LogP contribution >= 0.6 is 12.4 Å². The van der Waals surface area contributed by atoms with Gasteiger partial charge >= 0.3 is 0 Å². The smallest absolute Gasteiger partial charge is 0.227 e. The minimum absolute atomic E-state index is 0. The highest BCUT2D eigenvalue weighted by atomic mass is 35.5. The van der Waals surface area contributed by atoms with Gasteiger partial charge in [0.2, 0.25) is 5.91 Å². The molecular formula is C21H26ClN3O2. The Labute approximate surface area is 166 Å². The summed E-state index contributed by atoms with van der Waals surface area (Å²) < 4.78 is 6.04. The summed E-state index contributed by atoms with van der Waals surface area (Å²) in [6, 6.07) is 11.6. The Morgan fingerprint density at radius 2 is 1.78 bits per heavy atom. The van der Waals surface area contributed by atoms with Crippen LogP contribution in [0.5, 0.6) is 11.5 Å². The molecule has 2 aliphatic rings. The molecule has 4 rings (SSSR count). The fourth-order valence-electron chi connectivity index (χ4n) is 3.38. The first kappa shape index (κ1) is 19.6. The third-order valence-electron chi connectivity index (χ3n) is 5.01. The Morgan fingerprint density at radius 1 is 1.07 bits per heavy atom. The second-order valence-electron chi connectivity index (χ2n) is 7.28. The van der Waals surface area contributed by atoms with Crippen molar-refractivity contribution in [3.63, 3.8) is 0 Å². The largest absolute Gasteiger partial charge is 0.457 e. The summed E-state index contributed by atoms with van der Waals surface area (Å²) >= 11 is 0. The van der Waals surface area contributed by atoms with E-state index < -0.39 is 0 Å². The molecule has 2 heterocycles. The van der Waals surface area contributed by atoms with E-state index in [0.29, 0.717) is 5.92 Å². The molecule has 6 heteroatoms. The van der Waals surface area contributed by atoms with Crippen LogP contribution < -0.4 is 15.4 Å². The highest BCUT2D eigenvalue weighted by Gasteiger charge is 2.29. The van der Waals surface area contributed by atoms with Gasteiger partial charge in [-0.2, -0.15) is 0 Å². The molecule has 0 atom stereocenters. The fourth-order valence-corrected chi connectivity index (χ4v) is 3.38. The van der Waals surface area contributed by atoms with E-state index in [1.54, 1.807) is 0 Å². The van der Waals surface area contributed by atoms with Gasteiger partial charge in [-0.15, -0.1) is 12.4 Å². The molecule has 1 aliphatic carbocycles. The van der Waals surface area contributed by atoms with Crippen molar-refractivity contribution < 1.29 is 9.53 Å². The zero-order valence-corrected chi connectivity index (χ0v) is 16.3. The van der Waals surface area contributed by atoms with Crippen LogP contribution in [0.4, 0.5) is 5.69 Å². The molecule has 1 saturated heterocycles. The van der Waals surface area contributed by atoms with Crippen molar-refractivity contribution in [1.29, 1.82) is 0 Å². The zero-order chi connectivity index (χ0) is 17.9. The molecule has 0 radical (unpaired) electrons. The number of aryl methyl sites for hydroxylation is 1. The number of hydrogen-bond acceptors (Lipinski definition) is 4. The lowest BCUT2D eigenvalue weighted by atomic mass is 9.94. The van der Waals surface area contributed by atoms with Crippen LogP contribution in [0.15, 0.2) is 36.4 Å². The zero-order valence-electron chi connectivity index (χ0n) is 15.5. The first-order valence-electron chi connectivity index (χ1n) is 9.45. The van der Waals surface area contributed by atoms with E-state index >= 15 is 0 Å². The topological polar surface area (TPSA) is 63.2 Å². The van der Waals surface area contributed by atoms with Crippen molar-refractivity contribution in [2.75, 3.05) is 18.4 Å². The van der Waals surface area contributed by atoms with Gasteiger partial charge in [0.15, 0.2) is 0 Å². The number of piperidine rings is 1. The molecule has 2 N–H and O–H groups in total. The molecule has 1 saturated carbocycles. The number of ether oxygens (including phenoxy) is 1. The Bertz CT molecular complexity index is 785. The first-order chi connectivity index (χ1) is 12.7. The molecule has 0 spiro atoms. The average molecular weight is 388 g/mol. The van der Waals surface area contributed by atoms with Gasteiger partial charge in [-0.25, -0.2) is 0 Å². The van der Waals surface area contributed by atoms with Gasteiger partial charge in [-0.3, -0.25) is 9.78 Å². The van der Waals surface area contributed by atoms with Crippen molar-refractivity contribution in [2.45, 2.75) is 38.5 Å². The van der Waals surface area contributed by atoms with Crippen LogP contribution in [-0.2, 0) is 4.79 Å². The van der Waals surface area contributed by atoms with Gasteiger partial charge < -0.3 is 15.4 Å². The first-order valence-corrected chi connectivity index (χ1v) is 9.45. The lowest BCUT2D eigenvalue weighted by molar-refractivity contribution is -0.117. The number of benzene rings is 1. The van der Waals surface area contributed by atoms with Crippen molar-refractivity contribution in [2.24, 2.45) is 5.92 Å². The Hall–Kier alpha value is -2.11. The van der Waals surface area contributed by atoms with E-state index in [1.807, 2.05) is 37.3 Å².